The van der Waals surface area contributed by atoms with Crippen LogP contribution in [0.3, 0.4) is 0 Å². The van der Waals surface area contributed by atoms with Gasteiger partial charge in [-0.25, -0.2) is 0 Å². The van der Waals surface area contributed by atoms with Crippen molar-refractivity contribution in [3.05, 3.63) is 57.6 Å². The molecule has 0 aliphatic heterocycles. The van der Waals surface area contributed by atoms with Crippen molar-refractivity contribution in [1.82, 2.24) is 0 Å². The summed E-state index contributed by atoms with van der Waals surface area (Å²) in [5.41, 5.74) is 8.49. The van der Waals surface area contributed by atoms with E-state index in [-0.39, 0.29) is 5.78 Å². The van der Waals surface area contributed by atoms with Gasteiger partial charge >= 0.3 is 0 Å². The van der Waals surface area contributed by atoms with Crippen molar-refractivity contribution in [2.24, 2.45) is 0 Å². The van der Waals surface area contributed by atoms with E-state index in [4.69, 9.17) is 10.5 Å². The number of anilines is 1. The van der Waals surface area contributed by atoms with Crippen molar-refractivity contribution in [3.8, 4) is 5.75 Å². The van der Waals surface area contributed by atoms with E-state index in [0.29, 0.717) is 16.8 Å². The number of rotatable bonds is 3. The van der Waals surface area contributed by atoms with Crippen LogP contribution in [-0.2, 0) is 0 Å². The first-order valence-corrected chi connectivity index (χ1v) is 6.56. The summed E-state index contributed by atoms with van der Waals surface area (Å²) in [6, 6.07) is 10.6. The van der Waals surface area contributed by atoms with E-state index in [0.717, 1.165) is 15.8 Å². The summed E-state index contributed by atoms with van der Waals surface area (Å²) in [7, 11) is 1.60. The van der Waals surface area contributed by atoms with Crippen LogP contribution >= 0.6 is 15.9 Å². The van der Waals surface area contributed by atoms with Crippen LogP contribution in [0.4, 0.5) is 5.69 Å². The highest BCUT2D eigenvalue weighted by Gasteiger charge is 2.13. The van der Waals surface area contributed by atoms with Gasteiger partial charge in [-0.05, 0) is 64.8 Å². The predicted molar refractivity (Wildman–Crippen MR) is 79.7 cm³/mol. The van der Waals surface area contributed by atoms with Crippen molar-refractivity contribution in [2.75, 3.05) is 12.8 Å². The first-order chi connectivity index (χ1) is 9.02. The van der Waals surface area contributed by atoms with Gasteiger partial charge in [-0.3, -0.25) is 4.79 Å². The summed E-state index contributed by atoms with van der Waals surface area (Å²) >= 11 is 3.33. The largest absolute Gasteiger partial charge is 0.497 e. The molecule has 19 heavy (non-hydrogen) atoms. The zero-order valence-electron chi connectivity index (χ0n) is 10.7. The zero-order valence-corrected chi connectivity index (χ0v) is 12.3. The quantitative estimate of drug-likeness (QED) is 0.695. The lowest BCUT2D eigenvalue weighted by molar-refractivity contribution is 0.103. The Morgan fingerprint density at radius 2 is 1.95 bits per heavy atom. The molecule has 0 spiro atoms. The summed E-state index contributed by atoms with van der Waals surface area (Å²) in [5.74, 6) is 0.716. The second kappa shape index (κ2) is 5.45. The fourth-order valence-corrected chi connectivity index (χ4v) is 2.22. The number of benzene rings is 2. The minimum Gasteiger partial charge on any atom is -0.497 e. The first kappa shape index (κ1) is 13.6. The molecule has 0 bridgehead atoms. The lowest BCUT2D eigenvalue weighted by atomic mass is 9.99. The van der Waals surface area contributed by atoms with Crippen LogP contribution in [0.15, 0.2) is 40.9 Å². The summed E-state index contributed by atoms with van der Waals surface area (Å²) in [5, 5.41) is 0. The minimum atomic E-state index is -0.0270. The van der Waals surface area contributed by atoms with Crippen LogP contribution in [0.5, 0.6) is 5.75 Å². The molecular weight excluding hydrogens is 306 g/mol. The van der Waals surface area contributed by atoms with E-state index >= 15 is 0 Å². The van der Waals surface area contributed by atoms with Crippen LogP contribution in [0.25, 0.3) is 0 Å². The van der Waals surface area contributed by atoms with Gasteiger partial charge in [0.1, 0.15) is 5.75 Å². The number of ether oxygens (including phenoxy) is 1. The maximum Gasteiger partial charge on any atom is 0.193 e. The SMILES string of the molecule is COc1ccc(C(=O)c2ccc(N)c(Br)c2)c(C)c1. The maximum absolute atomic E-state index is 12.4. The van der Waals surface area contributed by atoms with Gasteiger partial charge < -0.3 is 10.5 Å². The molecule has 0 aliphatic carbocycles. The molecule has 2 rings (SSSR count). The van der Waals surface area contributed by atoms with Crippen molar-refractivity contribution in [3.63, 3.8) is 0 Å². The average Bonchev–Trinajstić information content (AvgIpc) is 2.41. The Labute approximate surface area is 120 Å². The number of nitrogen functional groups attached to an aromatic ring is 1. The molecule has 2 aromatic carbocycles. The number of halogens is 1. The molecule has 0 unspecified atom stereocenters. The molecule has 0 fully saturated rings. The predicted octanol–water partition coefficient (Wildman–Crippen LogP) is 3.58. The van der Waals surface area contributed by atoms with Gasteiger partial charge in [-0.1, -0.05) is 0 Å². The van der Waals surface area contributed by atoms with Crippen molar-refractivity contribution < 1.29 is 9.53 Å². The van der Waals surface area contributed by atoms with Gasteiger partial charge in [0.05, 0.1) is 7.11 Å². The van der Waals surface area contributed by atoms with E-state index in [1.165, 1.54) is 0 Å². The van der Waals surface area contributed by atoms with Crippen molar-refractivity contribution >= 4 is 27.4 Å². The number of nitrogens with two attached hydrogens (primary N) is 1. The Morgan fingerprint density at radius 3 is 2.53 bits per heavy atom. The second-order valence-corrected chi connectivity index (χ2v) is 5.10. The molecule has 0 radical (unpaired) electrons. The van der Waals surface area contributed by atoms with Crippen LogP contribution in [0.1, 0.15) is 21.5 Å². The molecule has 2 aromatic rings. The lowest BCUT2D eigenvalue weighted by Gasteiger charge is -2.08. The van der Waals surface area contributed by atoms with Crippen molar-refractivity contribution in [1.29, 1.82) is 0 Å². The topological polar surface area (TPSA) is 52.3 Å². The summed E-state index contributed by atoms with van der Waals surface area (Å²) in [6.07, 6.45) is 0. The Morgan fingerprint density at radius 1 is 1.21 bits per heavy atom. The molecule has 98 valence electrons. The van der Waals surface area contributed by atoms with Gasteiger partial charge in [0.15, 0.2) is 5.78 Å². The number of hydrogen-bond donors (Lipinski definition) is 1. The smallest absolute Gasteiger partial charge is 0.193 e. The van der Waals surface area contributed by atoms with E-state index < -0.39 is 0 Å². The zero-order chi connectivity index (χ0) is 14.0. The molecule has 4 heteroatoms. The number of carbonyl (C=O) groups excluding carboxylic acids is 1. The highest BCUT2D eigenvalue weighted by Crippen LogP contribution is 2.24. The van der Waals surface area contributed by atoms with Gasteiger partial charge in [-0.2, -0.15) is 0 Å². The van der Waals surface area contributed by atoms with E-state index in [2.05, 4.69) is 15.9 Å². The Hall–Kier alpha value is -1.81. The Kier molecular flexibility index (Phi) is 3.90. The summed E-state index contributed by atoms with van der Waals surface area (Å²) in [4.78, 5) is 12.4. The molecule has 0 amide bonds. The van der Waals surface area contributed by atoms with Crippen molar-refractivity contribution in [2.45, 2.75) is 6.92 Å². The lowest BCUT2D eigenvalue weighted by Crippen LogP contribution is -2.04. The highest BCUT2D eigenvalue weighted by molar-refractivity contribution is 9.10. The first-order valence-electron chi connectivity index (χ1n) is 5.77. The molecule has 0 aromatic heterocycles. The van der Waals surface area contributed by atoms with Gasteiger partial charge in [0, 0.05) is 21.3 Å². The number of hydrogen-bond acceptors (Lipinski definition) is 3. The van der Waals surface area contributed by atoms with Gasteiger partial charge in [0.2, 0.25) is 0 Å². The van der Waals surface area contributed by atoms with Crippen LogP contribution in [0, 0.1) is 6.92 Å². The second-order valence-electron chi connectivity index (χ2n) is 4.25. The summed E-state index contributed by atoms with van der Waals surface area (Å²) in [6.45, 7) is 1.89. The number of ketones is 1. The molecule has 0 saturated carbocycles. The third-order valence-corrected chi connectivity index (χ3v) is 3.63. The van der Waals surface area contributed by atoms with Crippen LogP contribution in [0.2, 0.25) is 0 Å². The fourth-order valence-electron chi connectivity index (χ4n) is 1.84. The highest BCUT2D eigenvalue weighted by atomic mass is 79.9. The molecule has 0 heterocycles. The number of aryl methyl sites for hydroxylation is 1. The minimum absolute atomic E-state index is 0.0270. The molecule has 0 aliphatic rings. The standard InChI is InChI=1S/C15H14BrNO2/c1-9-7-11(19-2)4-5-12(9)15(18)10-3-6-14(17)13(16)8-10/h3-8H,17H2,1-2H3. The van der Waals surface area contributed by atoms with E-state index in [1.807, 2.05) is 13.0 Å². The van der Waals surface area contributed by atoms with Crippen LogP contribution < -0.4 is 10.5 Å². The normalized spacial score (nSPS) is 10.3. The van der Waals surface area contributed by atoms with E-state index in [1.54, 1.807) is 37.4 Å². The molecular formula is C15H14BrNO2. The molecule has 3 nitrogen and oxygen atoms in total. The Balaban J connectivity index is 2.41. The fraction of sp³-hybridized carbons (Fsp3) is 0.133. The third kappa shape index (κ3) is 2.79. The van der Waals surface area contributed by atoms with Crippen LogP contribution in [-0.4, -0.2) is 12.9 Å². The maximum atomic E-state index is 12.4. The van der Waals surface area contributed by atoms with Gasteiger partial charge in [0.25, 0.3) is 0 Å². The number of carbonyl (C=O) groups is 1. The third-order valence-electron chi connectivity index (χ3n) is 2.94. The summed E-state index contributed by atoms with van der Waals surface area (Å²) < 4.78 is 5.86. The molecule has 2 N–H and O–H groups in total. The van der Waals surface area contributed by atoms with E-state index in [9.17, 15) is 4.79 Å². The number of methoxy groups -OCH3 is 1. The van der Waals surface area contributed by atoms with Gasteiger partial charge in [-0.15, -0.1) is 0 Å². The molecule has 0 atom stereocenters. The average molecular weight is 320 g/mol. The Bertz CT molecular complexity index is 638. The molecule has 0 saturated heterocycles. The monoisotopic (exact) mass is 319 g/mol.